The SMILES string of the molecule is Nc1nc2ncc(CNC3=CCC(C(=O)N[C@@H](CNC(=O)O)C(=O)O)C=C3)nc2c(=O)[nH]1. The first-order chi connectivity index (χ1) is 15.2. The van der Waals surface area contributed by atoms with Crippen molar-refractivity contribution in [2.24, 2.45) is 5.92 Å². The Morgan fingerprint density at radius 3 is 2.72 bits per heavy atom. The Labute approximate surface area is 179 Å². The highest BCUT2D eigenvalue weighted by molar-refractivity contribution is 5.86. The number of nitrogens with one attached hydrogen (secondary N) is 4. The number of carboxylic acids is 1. The van der Waals surface area contributed by atoms with Crippen LogP contribution < -0.4 is 27.2 Å². The molecule has 32 heavy (non-hydrogen) atoms. The van der Waals surface area contributed by atoms with E-state index >= 15 is 0 Å². The number of carbonyl (C=O) groups excluding carboxylic acids is 1. The van der Waals surface area contributed by atoms with Crippen molar-refractivity contribution in [2.75, 3.05) is 12.3 Å². The van der Waals surface area contributed by atoms with E-state index in [1.807, 2.05) is 5.32 Å². The Morgan fingerprint density at radius 2 is 2.06 bits per heavy atom. The minimum atomic E-state index is -1.39. The van der Waals surface area contributed by atoms with Gasteiger partial charge >= 0.3 is 12.1 Å². The van der Waals surface area contributed by atoms with Crippen LogP contribution in [0.15, 0.2) is 34.9 Å². The van der Waals surface area contributed by atoms with Gasteiger partial charge in [-0.2, -0.15) is 4.98 Å². The van der Waals surface area contributed by atoms with Crippen molar-refractivity contribution in [1.82, 2.24) is 35.9 Å². The van der Waals surface area contributed by atoms with Crippen molar-refractivity contribution >= 4 is 35.1 Å². The molecule has 0 spiro atoms. The molecule has 0 fully saturated rings. The maximum absolute atomic E-state index is 12.3. The molecule has 2 heterocycles. The van der Waals surface area contributed by atoms with E-state index in [0.29, 0.717) is 17.8 Å². The van der Waals surface area contributed by atoms with E-state index in [4.69, 9.17) is 15.9 Å². The van der Waals surface area contributed by atoms with Gasteiger partial charge in [0.25, 0.3) is 5.56 Å². The van der Waals surface area contributed by atoms with Crippen LogP contribution in [0.1, 0.15) is 12.1 Å². The van der Waals surface area contributed by atoms with Crippen LogP contribution in [0.2, 0.25) is 0 Å². The van der Waals surface area contributed by atoms with Crippen LogP contribution in [-0.2, 0) is 16.1 Å². The molecule has 8 N–H and O–H groups in total. The van der Waals surface area contributed by atoms with Gasteiger partial charge in [0.05, 0.1) is 30.9 Å². The van der Waals surface area contributed by atoms with Crippen LogP contribution >= 0.6 is 0 Å². The van der Waals surface area contributed by atoms with Crippen molar-refractivity contribution in [3.63, 3.8) is 0 Å². The molecule has 1 unspecified atom stereocenters. The molecule has 3 rings (SSSR count). The average Bonchev–Trinajstić information content (AvgIpc) is 2.75. The summed E-state index contributed by atoms with van der Waals surface area (Å²) in [4.78, 5) is 60.5. The fourth-order valence-electron chi connectivity index (χ4n) is 2.86. The first-order valence-corrected chi connectivity index (χ1v) is 9.36. The van der Waals surface area contributed by atoms with E-state index in [-0.39, 0.29) is 23.7 Å². The third-order valence-electron chi connectivity index (χ3n) is 4.47. The summed E-state index contributed by atoms with van der Waals surface area (Å²) in [5.74, 6) is -2.55. The number of hydrogen-bond acceptors (Lipinski definition) is 9. The smallest absolute Gasteiger partial charge is 0.404 e. The molecular weight excluding hydrogens is 424 g/mol. The molecule has 0 aromatic carbocycles. The Balaban J connectivity index is 1.55. The highest BCUT2D eigenvalue weighted by atomic mass is 16.4. The van der Waals surface area contributed by atoms with E-state index < -0.39 is 42.0 Å². The lowest BCUT2D eigenvalue weighted by atomic mass is 9.98. The minimum absolute atomic E-state index is 0.0495. The molecule has 0 saturated carbocycles. The second kappa shape index (κ2) is 9.55. The van der Waals surface area contributed by atoms with Gasteiger partial charge in [-0.25, -0.2) is 19.6 Å². The summed E-state index contributed by atoms with van der Waals surface area (Å²) in [5.41, 5.74) is 6.36. The molecule has 2 aromatic heterocycles. The van der Waals surface area contributed by atoms with Gasteiger partial charge in [-0.05, 0) is 12.5 Å². The summed E-state index contributed by atoms with van der Waals surface area (Å²) in [5, 5.41) is 25.0. The van der Waals surface area contributed by atoms with Crippen LogP contribution in [0, 0.1) is 5.92 Å². The number of H-pyrrole nitrogens is 1. The predicted molar refractivity (Wildman–Crippen MR) is 110 cm³/mol. The number of nitrogens with zero attached hydrogens (tertiary/aromatic N) is 3. The van der Waals surface area contributed by atoms with E-state index in [1.165, 1.54) is 6.20 Å². The van der Waals surface area contributed by atoms with Gasteiger partial charge in [-0.1, -0.05) is 12.2 Å². The van der Waals surface area contributed by atoms with Gasteiger partial charge in [-0.15, -0.1) is 0 Å². The van der Waals surface area contributed by atoms with E-state index in [2.05, 4.69) is 30.6 Å². The number of hydrogen-bond donors (Lipinski definition) is 7. The highest BCUT2D eigenvalue weighted by Gasteiger charge is 2.25. The molecule has 2 amide bonds. The molecule has 1 aliphatic carbocycles. The number of nitrogens with two attached hydrogens (primary N) is 1. The van der Waals surface area contributed by atoms with Gasteiger partial charge in [0.2, 0.25) is 11.9 Å². The molecule has 0 aliphatic heterocycles. The zero-order valence-corrected chi connectivity index (χ0v) is 16.5. The summed E-state index contributed by atoms with van der Waals surface area (Å²) in [6.07, 6.45) is 5.38. The quantitative estimate of drug-likeness (QED) is 0.253. The Bertz CT molecular complexity index is 1170. The molecule has 2 aromatic rings. The summed E-state index contributed by atoms with van der Waals surface area (Å²) >= 11 is 0. The number of fused-ring (bicyclic) bond motifs is 1. The highest BCUT2D eigenvalue weighted by Crippen LogP contribution is 2.16. The minimum Gasteiger partial charge on any atom is -0.480 e. The number of aliphatic carboxylic acids is 1. The second-order valence-corrected chi connectivity index (χ2v) is 6.78. The molecule has 14 heteroatoms. The number of carbonyl (C=O) groups is 3. The van der Waals surface area contributed by atoms with Crippen molar-refractivity contribution in [3.8, 4) is 0 Å². The summed E-state index contributed by atoms with van der Waals surface area (Å²) in [7, 11) is 0. The standard InChI is InChI=1S/C18H20N8O6/c19-17-25-13-12(15(28)26-17)23-10(6-21-13)5-20-9-3-1-8(2-4-9)14(27)24-11(16(29)30)7-22-18(31)32/h1,3-4,6,8,11,20,22H,2,5,7H2,(H,24,27)(H,29,30)(H,31,32)(H3,19,21,25,26,28)/t8?,11-/m0/s1. The molecule has 0 radical (unpaired) electrons. The van der Waals surface area contributed by atoms with Crippen molar-refractivity contribution in [2.45, 2.75) is 19.0 Å². The number of nitrogen functional groups attached to an aromatic ring is 1. The molecule has 14 nitrogen and oxygen atoms in total. The fraction of sp³-hybridized carbons (Fsp3) is 0.278. The molecule has 0 saturated heterocycles. The van der Waals surface area contributed by atoms with E-state index in [0.717, 1.165) is 0 Å². The Hall–Kier alpha value is -4.49. The van der Waals surface area contributed by atoms with Crippen molar-refractivity contribution in [3.05, 3.63) is 46.2 Å². The third-order valence-corrected chi connectivity index (χ3v) is 4.47. The van der Waals surface area contributed by atoms with Crippen LogP contribution in [0.3, 0.4) is 0 Å². The van der Waals surface area contributed by atoms with Gasteiger partial charge < -0.3 is 31.9 Å². The lowest BCUT2D eigenvalue weighted by Gasteiger charge is -2.20. The van der Waals surface area contributed by atoms with Gasteiger partial charge in [0.1, 0.15) is 6.04 Å². The summed E-state index contributed by atoms with van der Waals surface area (Å²) in [6.45, 7) is -0.199. The topological polar surface area (TPSA) is 225 Å². The number of anilines is 1. The van der Waals surface area contributed by atoms with Gasteiger partial charge in [-0.3, -0.25) is 14.6 Å². The molecule has 0 bridgehead atoms. The van der Waals surface area contributed by atoms with E-state index in [9.17, 15) is 19.2 Å². The lowest BCUT2D eigenvalue weighted by Crippen LogP contribution is -2.49. The predicted octanol–water partition coefficient (Wildman–Crippen LogP) is -1.32. The van der Waals surface area contributed by atoms with Crippen LogP contribution in [0.4, 0.5) is 10.7 Å². The molecule has 2 atom stereocenters. The van der Waals surface area contributed by atoms with Crippen molar-refractivity contribution in [1.29, 1.82) is 0 Å². The molecular formula is C18H20N8O6. The fourth-order valence-corrected chi connectivity index (χ4v) is 2.86. The third kappa shape index (κ3) is 5.56. The first-order valence-electron chi connectivity index (χ1n) is 9.36. The largest absolute Gasteiger partial charge is 0.480 e. The Morgan fingerprint density at radius 1 is 1.28 bits per heavy atom. The van der Waals surface area contributed by atoms with Crippen LogP contribution in [-0.4, -0.2) is 60.7 Å². The second-order valence-electron chi connectivity index (χ2n) is 6.78. The Kier molecular flexibility index (Phi) is 6.62. The molecule has 1 aliphatic rings. The van der Waals surface area contributed by atoms with Crippen molar-refractivity contribution < 1.29 is 24.6 Å². The number of aromatic nitrogens is 4. The monoisotopic (exact) mass is 444 g/mol. The lowest BCUT2D eigenvalue weighted by molar-refractivity contribution is -0.142. The first kappa shape index (κ1) is 22.2. The van der Waals surface area contributed by atoms with Crippen LogP contribution in [0.5, 0.6) is 0 Å². The van der Waals surface area contributed by atoms with E-state index in [1.54, 1.807) is 18.2 Å². The number of carboxylic acid groups (broad SMARTS) is 2. The average molecular weight is 444 g/mol. The zero-order chi connectivity index (χ0) is 23.3. The number of amides is 2. The molecule has 168 valence electrons. The zero-order valence-electron chi connectivity index (χ0n) is 16.5. The maximum atomic E-state index is 12.3. The van der Waals surface area contributed by atoms with Gasteiger partial charge in [0, 0.05) is 5.70 Å². The number of allylic oxidation sites excluding steroid dienone is 2. The maximum Gasteiger partial charge on any atom is 0.404 e. The summed E-state index contributed by atoms with van der Waals surface area (Å²) in [6, 6.07) is -1.38. The summed E-state index contributed by atoms with van der Waals surface area (Å²) < 4.78 is 0. The van der Waals surface area contributed by atoms with Crippen LogP contribution in [0.25, 0.3) is 11.2 Å². The normalized spacial score (nSPS) is 16.1. The number of aromatic amines is 1. The van der Waals surface area contributed by atoms with Gasteiger partial charge in [0.15, 0.2) is 11.2 Å². The number of rotatable bonds is 8.